The molecule has 0 unspecified atom stereocenters. The second kappa shape index (κ2) is 3.28. The third kappa shape index (κ3) is 1.87. The minimum atomic E-state index is 0.448. The van der Waals surface area contributed by atoms with E-state index in [9.17, 15) is 0 Å². The van der Waals surface area contributed by atoms with Crippen molar-refractivity contribution in [3.05, 3.63) is 30.7 Å². The molecule has 0 heterocycles. The predicted molar refractivity (Wildman–Crippen MR) is 46.4 cm³/mol. The summed E-state index contributed by atoms with van der Waals surface area (Å²) in [5.74, 6) is 0.826. The zero-order valence-corrected chi connectivity index (χ0v) is 6.63. The Balaban J connectivity index is 2.86. The quantitative estimate of drug-likeness (QED) is 0.652. The van der Waals surface area contributed by atoms with Gasteiger partial charge in [0.25, 0.3) is 0 Å². The Kier molecular flexibility index (Phi) is 2.36. The van der Waals surface area contributed by atoms with E-state index in [1.54, 1.807) is 0 Å². The predicted octanol–water partition coefficient (Wildman–Crippen LogP) is 1.79. The molecule has 0 saturated carbocycles. The van der Waals surface area contributed by atoms with E-state index in [-0.39, 0.29) is 0 Å². The number of hydrogen-bond donors (Lipinski definition) is 1. The van der Waals surface area contributed by atoms with Gasteiger partial charge in [-0.25, -0.2) is 0 Å². The number of benzene rings is 1. The molecule has 11 heavy (non-hydrogen) atoms. The van der Waals surface area contributed by atoms with Crippen LogP contribution >= 0.6 is 0 Å². The first-order chi connectivity index (χ1) is 5.24. The Morgan fingerprint density at radius 2 is 2.27 bits per heavy atom. The third-order valence-corrected chi connectivity index (χ3v) is 1.51. The Labute approximate surface area is 67.0 Å². The normalized spacial score (nSPS) is 9.64. The van der Waals surface area contributed by atoms with Gasteiger partial charge in [-0.05, 0) is 37.6 Å². The van der Waals surface area contributed by atoms with Gasteiger partial charge in [-0.2, -0.15) is 0 Å². The summed E-state index contributed by atoms with van der Waals surface area (Å²) < 4.78 is 5.18. The van der Waals surface area contributed by atoms with Crippen molar-refractivity contribution in [3.8, 4) is 5.75 Å². The second-order valence-electron chi connectivity index (χ2n) is 2.37. The van der Waals surface area contributed by atoms with E-state index in [0.29, 0.717) is 6.61 Å². The fourth-order valence-electron chi connectivity index (χ4n) is 0.856. The molecule has 0 fully saturated rings. The lowest BCUT2D eigenvalue weighted by atomic mass is 10.2. The summed E-state index contributed by atoms with van der Waals surface area (Å²) in [6.45, 7) is 5.98. The zero-order valence-electron chi connectivity index (χ0n) is 6.63. The molecule has 0 aliphatic carbocycles. The van der Waals surface area contributed by atoms with Crippen LogP contribution in [0.25, 0.3) is 0 Å². The van der Waals surface area contributed by atoms with E-state index in [0.717, 1.165) is 17.0 Å². The van der Waals surface area contributed by atoms with Gasteiger partial charge >= 0.3 is 0 Å². The Hall–Kier alpha value is -1.18. The molecule has 1 rings (SSSR count). The molecule has 0 saturated heterocycles. The molecule has 2 N–H and O–H groups in total. The molecule has 0 aliphatic rings. The smallest absolute Gasteiger partial charge is 0.119 e. The van der Waals surface area contributed by atoms with Crippen LogP contribution in [0.5, 0.6) is 5.75 Å². The fraction of sp³-hybridized carbons (Fsp3) is 0.222. The highest BCUT2D eigenvalue weighted by molar-refractivity contribution is 5.49. The van der Waals surface area contributed by atoms with Crippen molar-refractivity contribution in [2.75, 3.05) is 12.3 Å². The molecule has 0 bridgehead atoms. The number of ether oxygens (including phenoxy) is 1. The van der Waals surface area contributed by atoms with Crippen LogP contribution in [0.15, 0.2) is 18.2 Å². The molecule has 1 aromatic carbocycles. The van der Waals surface area contributed by atoms with Crippen LogP contribution in [0.2, 0.25) is 0 Å². The lowest BCUT2D eigenvalue weighted by Crippen LogP contribution is -1.94. The summed E-state index contributed by atoms with van der Waals surface area (Å²) in [7, 11) is 0. The van der Waals surface area contributed by atoms with Crippen LogP contribution in [0, 0.1) is 13.8 Å². The van der Waals surface area contributed by atoms with Crippen molar-refractivity contribution in [1.82, 2.24) is 0 Å². The number of hydrogen-bond acceptors (Lipinski definition) is 2. The minimum absolute atomic E-state index is 0.448. The van der Waals surface area contributed by atoms with Crippen LogP contribution in [-0.4, -0.2) is 6.61 Å². The molecule has 59 valence electrons. The average Bonchev–Trinajstić information content (AvgIpc) is 1.98. The van der Waals surface area contributed by atoms with Gasteiger partial charge in [0.2, 0.25) is 0 Å². The van der Waals surface area contributed by atoms with E-state index in [1.165, 1.54) is 0 Å². The van der Waals surface area contributed by atoms with Gasteiger partial charge in [0.05, 0.1) is 6.61 Å². The SMILES string of the molecule is [CH2]COc1ccc(N)c(C)c1. The highest BCUT2D eigenvalue weighted by atomic mass is 16.5. The van der Waals surface area contributed by atoms with Crippen molar-refractivity contribution in [2.45, 2.75) is 6.92 Å². The highest BCUT2D eigenvalue weighted by Gasteiger charge is 1.95. The molecular weight excluding hydrogens is 138 g/mol. The molecule has 2 nitrogen and oxygen atoms in total. The van der Waals surface area contributed by atoms with E-state index in [4.69, 9.17) is 10.5 Å². The van der Waals surface area contributed by atoms with E-state index in [2.05, 4.69) is 6.92 Å². The molecular formula is C9H12NO. The molecule has 1 radical (unpaired) electrons. The molecule has 1 aromatic rings. The standard InChI is InChI=1S/C9H12NO/c1-3-11-8-4-5-9(10)7(2)6-8/h4-6H,1,3,10H2,2H3. The van der Waals surface area contributed by atoms with Crippen LogP contribution in [0.3, 0.4) is 0 Å². The van der Waals surface area contributed by atoms with E-state index in [1.807, 2.05) is 25.1 Å². The monoisotopic (exact) mass is 150 g/mol. The first-order valence-electron chi connectivity index (χ1n) is 3.52. The molecule has 0 spiro atoms. The number of nitrogens with two attached hydrogens (primary N) is 1. The highest BCUT2D eigenvalue weighted by Crippen LogP contribution is 2.18. The van der Waals surface area contributed by atoms with Crippen LogP contribution in [-0.2, 0) is 0 Å². The van der Waals surface area contributed by atoms with Gasteiger partial charge < -0.3 is 10.5 Å². The minimum Gasteiger partial charge on any atom is -0.494 e. The van der Waals surface area contributed by atoms with E-state index < -0.39 is 0 Å². The Morgan fingerprint density at radius 3 is 2.82 bits per heavy atom. The van der Waals surface area contributed by atoms with Crippen molar-refractivity contribution in [1.29, 1.82) is 0 Å². The van der Waals surface area contributed by atoms with Crippen LogP contribution < -0.4 is 10.5 Å². The van der Waals surface area contributed by atoms with E-state index >= 15 is 0 Å². The van der Waals surface area contributed by atoms with Crippen molar-refractivity contribution in [3.63, 3.8) is 0 Å². The fourth-order valence-corrected chi connectivity index (χ4v) is 0.856. The molecule has 0 aromatic heterocycles. The first kappa shape index (κ1) is 7.92. The van der Waals surface area contributed by atoms with Gasteiger partial charge in [0, 0.05) is 5.69 Å². The van der Waals surface area contributed by atoms with Crippen molar-refractivity contribution in [2.24, 2.45) is 0 Å². The topological polar surface area (TPSA) is 35.2 Å². The Bertz CT molecular complexity index is 245. The van der Waals surface area contributed by atoms with Crippen LogP contribution in [0.1, 0.15) is 5.56 Å². The summed E-state index contributed by atoms with van der Waals surface area (Å²) in [6.07, 6.45) is 0. The van der Waals surface area contributed by atoms with Gasteiger partial charge in [0.15, 0.2) is 0 Å². The molecule has 2 heteroatoms. The molecule has 0 aliphatic heterocycles. The summed E-state index contributed by atoms with van der Waals surface area (Å²) >= 11 is 0. The maximum absolute atomic E-state index is 5.61. The maximum atomic E-state index is 5.61. The average molecular weight is 150 g/mol. The maximum Gasteiger partial charge on any atom is 0.119 e. The van der Waals surface area contributed by atoms with Gasteiger partial charge in [0.1, 0.15) is 5.75 Å². The third-order valence-electron chi connectivity index (χ3n) is 1.51. The zero-order chi connectivity index (χ0) is 8.27. The number of aryl methyl sites for hydroxylation is 1. The van der Waals surface area contributed by atoms with Crippen molar-refractivity contribution >= 4 is 5.69 Å². The number of anilines is 1. The number of nitrogen functional groups attached to an aromatic ring is 1. The van der Waals surface area contributed by atoms with Crippen LogP contribution in [0.4, 0.5) is 5.69 Å². The van der Waals surface area contributed by atoms with Gasteiger partial charge in [-0.3, -0.25) is 0 Å². The lowest BCUT2D eigenvalue weighted by molar-refractivity contribution is 0.361. The Morgan fingerprint density at radius 1 is 1.55 bits per heavy atom. The molecule has 0 amide bonds. The first-order valence-corrected chi connectivity index (χ1v) is 3.52. The summed E-state index contributed by atoms with van der Waals surface area (Å²) in [5, 5.41) is 0. The molecule has 0 atom stereocenters. The summed E-state index contributed by atoms with van der Waals surface area (Å²) in [4.78, 5) is 0. The number of rotatable bonds is 2. The lowest BCUT2D eigenvalue weighted by Gasteiger charge is -2.04. The summed E-state index contributed by atoms with van der Waals surface area (Å²) in [6, 6.07) is 5.58. The van der Waals surface area contributed by atoms with Crippen molar-refractivity contribution < 1.29 is 4.74 Å². The summed E-state index contributed by atoms with van der Waals surface area (Å²) in [5.41, 5.74) is 7.44. The largest absolute Gasteiger partial charge is 0.494 e. The van der Waals surface area contributed by atoms with Gasteiger partial charge in [-0.1, -0.05) is 0 Å². The van der Waals surface area contributed by atoms with Gasteiger partial charge in [-0.15, -0.1) is 0 Å². The second-order valence-corrected chi connectivity index (χ2v) is 2.37.